The summed E-state index contributed by atoms with van der Waals surface area (Å²) in [4.78, 5) is 16.4. The first-order chi connectivity index (χ1) is 7.85. The zero-order valence-electron chi connectivity index (χ0n) is 12.3. The fourth-order valence-corrected chi connectivity index (χ4v) is 1.89. The number of carbonyl (C=O) groups excluding carboxylic acids is 1. The predicted molar refractivity (Wildman–Crippen MR) is 73.2 cm³/mol. The lowest BCUT2D eigenvalue weighted by Gasteiger charge is -2.32. The topological polar surface area (TPSA) is 35.6 Å². The van der Waals surface area contributed by atoms with E-state index >= 15 is 0 Å². The molecule has 4 heteroatoms. The van der Waals surface area contributed by atoms with Crippen LogP contribution in [-0.4, -0.2) is 61.5 Å². The van der Waals surface area contributed by atoms with Gasteiger partial charge in [0.25, 0.3) is 0 Å². The summed E-state index contributed by atoms with van der Waals surface area (Å²) < 4.78 is 0. The molecule has 1 N–H and O–H groups in total. The van der Waals surface area contributed by atoms with Crippen LogP contribution in [0.1, 0.15) is 34.1 Å². The number of hydrogen-bond donors (Lipinski definition) is 1. The maximum Gasteiger partial charge on any atom is 0.242 e. The van der Waals surface area contributed by atoms with Gasteiger partial charge in [-0.15, -0.1) is 0 Å². The molecule has 0 aliphatic heterocycles. The molecule has 0 aliphatic carbocycles. The lowest BCUT2D eigenvalue weighted by molar-refractivity contribution is -0.137. The van der Waals surface area contributed by atoms with Crippen molar-refractivity contribution in [1.82, 2.24) is 15.1 Å². The van der Waals surface area contributed by atoms with E-state index in [0.717, 1.165) is 32.6 Å². The van der Waals surface area contributed by atoms with Gasteiger partial charge in [0.15, 0.2) is 0 Å². The number of carbonyl (C=O) groups is 1. The van der Waals surface area contributed by atoms with Crippen LogP contribution in [0.15, 0.2) is 0 Å². The molecule has 0 heterocycles. The standard InChI is InChI=1S/C13H29N3O/c1-7-14-13(3,4)12(17)16(8-2)11-9-10-15(5)6/h14H,7-11H2,1-6H3. The van der Waals surface area contributed by atoms with E-state index < -0.39 is 5.54 Å². The second-order valence-corrected chi connectivity index (χ2v) is 5.20. The summed E-state index contributed by atoms with van der Waals surface area (Å²) in [6.45, 7) is 11.4. The van der Waals surface area contributed by atoms with E-state index in [1.54, 1.807) is 0 Å². The van der Waals surface area contributed by atoms with Crippen molar-refractivity contribution in [3.05, 3.63) is 0 Å². The molecule has 0 aromatic carbocycles. The van der Waals surface area contributed by atoms with Crippen LogP contribution in [0.25, 0.3) is 0 Å². The molecule has 0 radical (unpaired) electrons. The monoisotopic (exact) mass is 243 g/mol. The Labute approximate surface area is 106 Å². The van der Waals surface area contributed by atoms with Crippen LogP contribution in [0.4, 0.5) is 0 Å². The molecule has 0 saturated heterocycles. The van der Waals surface area contributed by atoms with Crippen molar-refractivity contribution in [3.8, 4) is 0 Å². The van der Waals surface area contributed by atoms with Gasteiger partial charge in [-0.2, -0.15) is 0 Å². The van der Waals surface area contributed by atoms with Gasteiger partial charge >= 0.3 is 0 Å². The van der Waals surface area contributed by atoms with E-state index in [4.69, 9.17) is 0 Å². The van der Waals surface area contributed by atoms with Gasteiger partial charge in [0.1, 0.15) is 0 Å². The maximum absolute atomic E-state index is 12.3. The molecule has 17 heavy (non-hydrogen) atoms. The third kappa shape index (κ3) is 6.03. The van der Waals surface area contributed by atoms with Gasteiger partial charge in [0.05, 0.1) is 5.54 Å². The van der Waals surface area contributed by atoms with Crippen LogP contribution in [0.5, 0.6) is 0 Å². The van der Waals surface area contributed by atoms with Gasteiger partial charge in [0, 0.05) is 13.1 Å². The molecule has 102 valence electrons. The van der Waals surface area contributed by atoms with Crippen molar-refractivity contribution >= 4 is 5.91 Å². The highest BCUT2D eigenvalue weighted by molar-refractivity contribution is 5.85. The van der Waals surface area contributed by atoms with Gasteiger partial charge in [-0.05, 0) is 54.4 Å². The first-order valence-corrected chi connectivity index (χ1v) is 6.54. The highest BCUT2D eigenvalue weighted by Gasteiger charge is 2.29. The third-order valence-corrected chi connectivity index (χ3v) is 2.86. The van der Waals surface area contributed by atoms with Gasteiger partial charge in [0.2, 0.25) is 5.91 Å². The van der Waals surface area contributed by atoms with Crippen LogP contribution < -0.4 is 5.32 Å². The largest absolute Gasteiger partial charge is 0.341 e. The Bertz CT molecular complexity index is 227. The van der Waals surface area contributed by atoms with Gasteiger partial charge in [-0.1, -0.05) is 6.92 Å². The summed E-state index contributed by atoms with van der Waals surface area (Å²) in [7, 11) is 4.11. The normalized spacial score (nSPS) is 11.9. The Hall–Kier alpha value is -0.610. The molecule has 0 aliphatic rings. The van der Waals surface area contributed by atoms with Crippen LogP contribution in [-0.2, 0) is 4.79 Å². The fraction of sp³-hybridized carbons (Fsp3) is 0.923. The minimum absolute atomic E-state index is 0.195. The van der Waals surface area contributed by atoms with Crippen molar-refractivity contribution in [2.45, 2.75) is 39.7 Å². The van der Waals surface area contributed by atoms with Crippen molar-refractivity contribution in [2.75, 3.05) is 40.3 Å². The molecule has 0 aromatic heterocycles. The molecule has 0 spiro atoms. The molecule has 0 unspecified atom stereocenters. The molecule has 0 saturated carbocycles. The molecule has 0 aromatic rings. The van der Waals surface area contributed by atoms with Gasteiger partial charge < -0.3 is 15.1 Å². The van der Waals surface area contributed by atoms with Crippen molar-refractivity contribution < 1.29 is 4.79 Å². The number of amides is 1. The van der Waals surface area contributed by atoms with E-state index in [2.05, 4.69) is 24.3 Å². The lowest BCUT2D eigenvalue weighted by atomic mass is 10.0. The van der Waals surface area contributed by atoms with Crippen LogP contribution in [0, 0.1) is 0 Å². The summed E-state index contributed by atoms with van der Waals surface area (Å²) in [5, 5.41) is 3.23. The Kier molecular flexibility index (Phi) is 7.39. The number of hydrogen-bond acceptors (Lipinski definition) is 3. The molecule has 0 fully saturated rings. The van der Waals surface area contributed by atoms with E-state index in [9.17, 15) is 4.79 Å². The molecule has 0 atom stereocenters. The van der Waals surface area contributed by atoms with E-state index in [1.807, 2.05) is 32.6 Å². The van der Waals surface area contributed by atoms with Crippen LogP contribution in [0.3, 0.4) is 0 Å². The second-order valence-electron chi connectivity index (χ2n) is 5.20. The first kappa shape index (κ1) is 16.4. The lowest BCUT2D eigenvalue weighted by Crippen LogP contribution is -2.54. The molecule has 4 nitrogen and oxygen atoms in total. The smallest absolute Gasteiger partial charge is 0.242 e. The second kappa shape index (κ2) is 7.67. The van der Waals surface area contributed by atoms with E-state index in [0.29, 0.717) is 0 Å². The molecular formula is C13H29N3O. The van der Waals surface area contributed by atoms with E-state index in [-0.39, 0.29) is 5.91 Å². The minimum atomic E-state index is -0.455. The predicted octanol–water partition coefficient (Wildman–Crippen LogP) is 1.17. The maximum atomic E-state index is 12.3. The quantitative estimate of drug-likeness (QED) is 0.695. The molecule has 1 amide bonds. The zero-order chi connectivity index (χ0) is 13.5. The Balaban J connectivity index is 4.29. The average Bonchev–Trinajstić information content (AvgIpc) is 2.23. The molecular weight excluding hydrogens is 214 g/mol. The molecule has 0 rings (SSSR count). The Morgan fingerprint density at radius 1 is 1.18 bits per heavy atom. The SMILES string of the molecule is CCNC(C)(C)C(=O)N(CC)CCCN(C)C. The first-order valence-electron chi connectivity index (χ1n) is 6.54. The zero-order valence-corrected chi connectivity index (χ0v) is 12.3. The number of rotatable bonds is 8. The Morgan fingerprint density at radius 3 is 2.18 bits per heavy atom. The minimum Gasteiger partial charge on any atom is -0.341 e. The van der Waals surface area contributed by atoms with Crippen molar-refractivity contribution in [1.29, 1.82) is 0 Å². The summed E-state index contributed by atoms with van der Waals surface area (Å²) in [6, 6.07) is 0. The summed E-state index contributed by atoms with van der Waals surface area (Å²) in [5.74, 6) is 0.195. The Morgan fingerprint density at radius 2 is 1.76 bits per heavy atom. The van der Waals surface area contributed by atoms with Crippen molar-refractivity contribution in [3.63, 3.8) is 0 Å². The highest BCUT2D eigenvalue weighted by Crippen LogP contribution is 2.08. The van der Waals surface area contributed by atoms with Crippen LogP contribution >= 0.6 is 0 Å². The third-order valence-electron chi connectivity index (χ3n) is 2.86. The fourth-order valence-electron chi connectivity index (χ4n) is 1.89. The average molecular weight is 243 g/mol. The number of nitrogens with zero attached hydrogens (tertiary/aromatic N) is 2. The van der Waals surface area contributed by atoms with Gasteiger partial charge in [-0.3, -0.25) is 4.79 Å². The van der Waals surface area contributed by atoms with E-state index in [1.165, 1.54) is 0 Å². The summed E-state index contributed by atoms with van der Waals surface area (Å²) >= 11 is 0. The summed E-state index contributed by atoms with van der Waals surface area (Å²) in [5.41, 5.74) is -0.455. The van der Waals surface area contributed by atoms with Gasteiger partial charge in [-0.25, -0.2) is 0 Å². The van der Waals surface area contributed by atoms with Crippen LogP contribution in [0.2, 0.25) is 0 Å². The highest BCUT2D eigenvalue weighted by atomic mass is 16.2. The number of nitrogens with one attached hydrogen (secondary N) is 1. The molecule has 0 bridgehead atoms. The number of likely N-dealkylation sites (N-methyl/N-ethyl adjacent to an activating group) is 2. The van der Waals surface area contributed by atoms with Crippen molar-refractivity contribution in [2.24, 2.45) is 0 Å². The summed E-state index contributed by atoms with van der Waals surface area (Å²) in [6.07, 6.45) is 1.02.